The first kappa shape index (κ1) is 16.8. The summed E-state index contributed by atoms with van der Waals surface area (Å²) < 4.78 is 25.2. The maximum Gasteiger partial charge on any atom is 0.243 e. The topological polar surface area (TPSA) is 66.5 Å². The molecule has 5 nitrogen and oxygen atoms in total. The summed E-state index contributed by atoms with van der Waals surface area (Å²) in [5, 5.41) is 3.04. The number of hydrogen-bond donors (Lipinski definition) is 1. The SMILES string of the molecule is CCNC(=O)[C@H](C)N(c1cc(Cl)ccc1C)S(C)(=O)=O. The van der Waals surface area contributed by atoms with Crippen LogP contribution in [-0.2, 0) is 14.8 Å². The van der Waals surface area contributed by atoms with Crippen LogP contribution in [0.15, 0.2) is 18.2 Å². The molecule has 1 aromatic rings. The Balaban J connectivity index is 3.34. The number of benzene rings is 1. The van der Waals surface area contributed by atoms with Crippen LogP contribution in [0.2, 0.25) is 5.02 Å². The summed E-state index contributed by atoms with van der Waals surface area (Å²) in [5.41, 5.74) is 1.15. The van der Waals surface area contributed by atoms with Crippen molar-refractivity contribution in [2.45, 2.75) is 26.8 Å². The summed E-state index contributed by atoms with van der Waals surface area (Å²) in [5.74, 6) is -0.350. The van der Waals surface area contributed by atoms with Gasteiger partial charge in [0.1, 0.15) is 6.04 Å². The van der Waals surface area contributed by atoms with Crippen LogP contribution in [-0.4, -0.2) is 33.2 Å². The van der Waals surface area contributed by atoms with Crippen LogP contribution in [0.1, 0.15) is 19.4 Å². The second-order valence-electron chi connectivity index (χ2n) is 4.56. The lowest BCUT2D eigenvalue weighted by Gasteiger charge is -2.29. The van der Waals surface area contributed by atoms with Gasteiger partial charge in [0, 0.05) is 11.6 Å². The number of hydrogen-bond acceptors (Lipinski definition) is 3. The quantitative estimate of drug-likeness (QED) is 0.902. The Morgan fingerprint density at radius 1 is 1.45 bits per heavy atom. The lowest BCUT2D eigenvalue weighted by atomic mass is 10.2. The van der Waals surface area contributed by atoms with E-state index in [-0.39, 0.29) is 5.91 Å². The first-order valence-electron chi connectivity index (χ1n) is 6.21. The average molecular weight is 319 g/mol. The van der Waals surface area contributed by atoms with Gasteiger partial charge in [-0.25, -0.2) is 8.42 Å². The van der Waals surface area contributed by atoms with Crippen molar-refractivity contribution in [3.63, 3.8) is 0 Å². The second-order valence-corrected chi connectivity index (χ2v) is 6.86. The minimum Gasteiger partial charge on any atom is -0.355 e. The Labute approximate surface area is 125 Å². The summed E-state index contributed by atoms with van der Waals surface area (Å²) in [7, 11) is -3.61. The molecule has 20 heavy (non-hydrogen) atoms. The van der Waals surface area contributed by atoms with Crippen LogP contribution in [0.5, 0.6) is 0 Å². The van der Waals surface area contributed by atoms with E-state index in [1.165, 1.54) is 0 Å². The predicted octanol–water partition coefficient (Wildman–Crippen LogP) is 1.94. The van der Waals surface area contributed by atoms with E-state index >= 15 is 0 Å². The molecule has 1 N–H and O–H groups in total. The molecule has 0 radical (unpaired) electrons. The molecule has 112 valence electrons. The van der Waals surface area contributed by atoms with Gasteiger partial charge in [-0.1, -0.05) is 17.7 Å². The Morgan fingerprint density at radius 2 is 2.05 bits per heavy atom. The third-order valence-electron chi connectivity index (χ3n) is 2.85. The minimum atomic E-state index is -3.61. The van der Waals surface area contributed by atoms with Crippen molar-refractivity contribution >= 4 is 33.2 Å². The number of carbonyl (C=O) groups excluding carboxylic acids is 1. The number of sulfonamides is 1. The monoisotopic (exact) mass is 318 g/mol. The highest BCUT2D eigenvalue weighted by atomic mass is 35.5. The van der Waals surface area contributed by atoms with Gasteiger partial charge in [0.2, 0.25) is 15.9 Å². The summed E-state index contributed by atoms with van der Waals surface area (Å²) in [6.45, 7) is 5.54. The third kappa shape index (κ3) is 3.86. The molecule has 1 aromatic carbocycles. The number of likely N-dealkylation sites (N-methyl/N-ethyl adjacent to an activating group) is 1. The molecule has 0 aliphatic rings. The average Bonchev–Trinajstić information content (AvgIpc) is 2.32. The molecular weight excluding hydrogens is 300 g/mol. The number of nitrogens with zero attached hydrogens (tertiary/aromatic N) is 1. The van der Waals surface area contributed by atoms with E-state index in [1.807, 2.05) is 0 Å². The summed E-state index contributed by atoms with van der Waals surface area (Å²) in [4.78, 5) is 12.0. The van der Waals surface area contributed by atoms with Gasteiger partial charge in [-0.15, -0.1) is 0 Å². The number of nitrogens with one attached hydrogen (secondary N) is 1. The first-order chi connectivity index (χ1) is 9.18. The smallest absolute Gasteiger partial charge is 0.243 e. The van der Waals surface area contributed by atoms with Crippen molar-refractivity contribution in [1.29, 1.82) is 0 Å². The number of rotatable bonds is 5. The largest absolute Gasteiger partial charge is 0.355 e. The molecule has 0 saturated heterocycles. The molecule has 0 fully saturated rings. The van der Waals surface area contributed by atoms with Crippen molar-refractivity contribution in [3.05, 3.63) is 28.8 Å². The number of aryl methyl sites for hydroxylation is 1. The van der Waals surface area contributed by atoms with E-state index in [2.05, 4.69) is 5.32 Å². The Hall–Kier alpha value is -1.27. The zero-order valence-corrected chi connectivity index (χ0v) is 13.5. The lowest BCUT2D eigenvalue weighted by molar-refractivity contribution is -0.121. The lowest BCUT2D eigenvalue weighted by Crippen LogP contribution is -2.48. The van der Waals surface area contributed by atoms with Gasteiger partial charge in [0.05, 0.1) is 11.9 Å². The van der Waals surface area contributed by atoms with Crippen molar-refractivity contribution < 1.29 is 13.2 Å². The molecule has 0 bridgehead atoms. The van der Waals surface area contributed by atoms with Crippen molar-refractivity contribution in [2.24, 2.45) is 0 Å². The molecule has 0 unspecified atom stereocenters. The molecular formula is C13H19ClN2O3S. The van der Waals surface area contributed by atoms with Crippen LogP contribution in [0.25, 0.3) is 0 Å². The van der Waals surface area contributed by atoms with E-state index < -0.39 is 16.1 Å². The highest BCUT2D eigenvalue weighted by Gasteiger charge is 2.29. The van der Waals surface area contributed by atoms with Gasteiger partial charge in [0.25, 0.3) is 0 Å². The van der Waals surface area contributed by atoms with Gasteiger partial charge in [0.15, 0.2) is 0 Å². The second kappa shape index (κ2) is 6.45. The summed E-state index contributed by atoms with van der Waals surface area (Å²) in [6, 6.07) is 4.10. The van der Waals surface area contributed by atoms with E-state index in [4.69, 9.17) is 11.6 Å². The van der Waals surface area contributed by atoms with Crippen molar-refractivity contribution in [3.8, 4) is 0 Å². The van der Waals surface area contributed by atoms with Crippen LogP contribution >= 0.6 is 11.6 Å². The zero-order chi connectivity index (χ0) is 15.5. The predicted molar refractivity (Wildman–Crippen MR) is 81.7 cm³/mol. The van der Waals surface area contributed by atoms with Crippen molar-refractivity contribution in [1.82, 2.24) is 5.32 Å². The molecule has 0 spiro atoms. The van der Waals surface area contributed by atoms with Gasteiger partial charge >= 0.3 is 0 Å². The van der Waals surface area contributed by atoms with Crippen LogP contribution in [0.4, 0.5) is 5.69 Å². The van der Waals surface area contributed by atoms with Crippen LogP contribution in [0.3, 0.4) is 0 Å². The van der Waals surface area contributed by atoms with E-state index in [0.29, 0.717) is 17.3 Å². The molecule has 0 saturated carbocycles. The number of halogens is 1. The molecule has 0 aliphatic carbocycles. The van der Waals surface area contributed by atoms with Gasteiger partial charge in [-0.2, -0.15) is 0 Å². The Morgan fingerprint density at radius 3 is 2.55 bits per heavy atom. The number of amides is 1. The van der Waals surface area contributed by atoms with Gasteiger partial charge in [-0.05, 0) is 38.5 Å². The van der Waals surface area contributed by atoms with Gasteiger partial charge in [-0.3, -0.25) is 9.10 Å². The molecule has 1 rings (SSSR count). The molecule has 1 amide bonds. The number of carbonyl (C=O) groups is 1. The molecule has 0 heterocycles. The maximum atomic E-state index is 12.0. The summed E-state index contributed by atoms with van der Waals surface area (Å²) >= 11 is 5.93. The minimum absolute atomic E-state index is 0.350. The Kier molecular flexibility index (Phi) is 5.42. The molecule has 1 atom stereocenters. The molecule has 0 aliphatic heterocycles. The van der Waals surface area contributed by atoms with Crippen molar-refractivity contribution in [2.75, 3.05) is 17.1 Å². The normalized spacial score (nSPS) is 12.8. The van der Waals surface area contributed by atoms with E-state index in [1.54, 1.807) is 39.0 Å². The van der Waals surface area contributed by atoms with E-state index in [0.717, 1.165) is 16.1 Å². The Bertz CT molecular complexity index is 602. The third-order valence-corrected chi connectivity index (χ3v) is 4.31. The standard InChI is InChI=1S/C13H19ClN2O3S/c1-5-15-13(17)10(3)16(20(4,18)19)12-8-11(14)7-6-9(12)2/h6-8,10H,5H2,1-4H3,(H,15,17)/t10-/m0/s1. The first-order valence-corrected chi connectivity index (χ1v) is 8.44. The number of anilines is 1. The highest BCUT2D eigenvalue weighted by molar-refractivity contribution is 7.92. The fourth-order valence-electron chi connectivity index (χ4n) is 1.92. The molecule has 7 heteroatoms. The fourth-order valence-corrected chi connectivity index (χ4v) is 3.31. The van der Waals surface area contributed by atoms with Gasteiger partial charge < -0.3 is 5.32 Å². The van der Waals surface area contributed by atoms with Crippen LogP contribution < -0.4 is 9.62 Å². The highest BCUT2D eigenvalue weighted by Crippen LogP contribution is 2.28. The zero-order valence-electron chi connectivity index (χ0n) is 12.0. The molecule has 0 aromatic heterocycles. The summed E-state index contributed by atoms with van der Waals surface area (Å²) in [6.07, 6.45) is 1.07. The van der Waals surface area contributed by atoms with Crippen LogP contribution in [0, 0.1) is 6.92 Å². The fraction of sp³-hybridized carbons (Fsp3) is 0.462. The van der Waals surface area contributed by atoms with E-state index in [9.17, 15) is 13.2 Å². The maximum absolute atomic E-state index is 12.0.